The molecule has 0 bridgehead atoms. The van der Waals surface area contributed by atoms with Crippen LogP contribution in [0.4, 0.5) is 5.69 Å². The number of carboxylic acid groups (broad SMARTS) is 1. The van der Waals surface area contributed by atoms with Gasteiger partial charge in [-0.1, -0.05) is 13.8 Å². The van der Waals surface area contributed by atoms with E-state index in [1.54, 1.807) is 13.3 Å². The van der Waals surface area contributed by atoms with Gasteiger partial charge in [-0.3, -0.25) is 0 Å². The van der Waals surface area contributed by atoms with Crippen molar-refractivity contribution in [3.05, 3.63) is 42.6 Å². The molecule has 0 aliphatic carbocycles. The summed E-state index contributed by atoms with van der Waals surface area (Å²) in [5, 5.41) is 12.2. The van der Waals surface area contributed by atoms with Crippen LogP contribution in [0.3, 0.4) is 0 Å². The maximum atomic E-state index is 11.0. The Hall–Kier alpha value is -2.76. The Morgan fingerprint density at radius 2 is 2.25 bits per heavy atom. The number of hydrogen-bond acceptors (Lipinski definition) is 5. The minimum absolute atomic E-state index is 0.493. The van der Waals surface area contributed by atoms with Crippen LogP contribution in [0.5, 0.6) is 5.75 Å². The monoisotopic (exact) mass is 330 g/mol. The minimum Gasteiger partial charge on any atom is -0.496 e. The number of oxazole rings is 1. The molecular weight excluding hydrogens is 308 g/mol. The predicted molar refractivity (Wildman–Crippen MR) is 91.9 cm³/mol. The van der Waals surface area contributed by atoms with E-state index in [0.29, 0.717) is 29.5 Å². The van der Waals surface area contributed by atoms with Gasteiger partial charge in [0.15, 0.2) is 12.2 Å². The summed E-state index contributed by atoms with van der Waals surface area (Å²) in [5.41, 5.74) is 2.20. The molecule has 6 nitrogen and oxygen atoms in total. The highest BCUT2D eigenvalue weighted by Gasteiger charge is 2.11. The van der Waals surface area contributed by atoms with Crippen molar-refractivity contribution in [1.29, 1.82) is 0 Å². The molecule has 1 aromatic carbocycles. The molecule has 0 fully saturated rings. The van der Waals surface area contributed by atoms with Crippen LogP contribution >= 0.6 is 0 Å². The lowest BCUT2D eigenvalue weighted by Crippen LogP contribution is -2.05. The largest absolute Gasteiger partial charge is 0.496 e. The summed E-state index contributed by atoms with van der Waals surface area (Å²) in [7, 11) is 1.58. The molecule has 0 aliphatic rings. The van der Waals surface area contributed by atoms with E-state index in [1.807, 2.05) is 18.2 Å². The second-order valence-corrected chi connectivity index (χ2v) is 5.85. The highest BCUT2D eigenvalue weighted by Crippen LogP contribution is 2.32. The number of allylic oxidation sites excluding steroid dienone is 1. The van der Waals surface area contributed by atoms with Crippen LogP contribution in [-0.4, -0.2) is 23.2 Å². The molecule has 1 heterocycles. The second kappa shape index (κ2) is 8.19. The number of aliphatic carboxylic acids is 1. The average Bonchev–Trinajstić information content (AvgIpc) is 3.06. The first-order chi connectivity index (χ1) is 11.5. The third kappa shape index (κ3) is 4.87. The van der Waals surface area contributed by atoms with Gasteiger partial charge in [0.05, 0.1) is 18.9 Å². The minimum atomic E-state index is -0.966. The lowest BCUT2D eigenvalue weighted by atomic mass is 10.1. The van der Waals surface area contributed by atoms with Crippen molar-refractivity contribution >= 4 is 11.7 Å². The molecule has 6 heteroatoms. The van der Waals surface area contributed by atoms with Gasteiger partial charge in [-0.25, -0.2) is 9.78 Å². The standard InChI is InChI=1S/C18H22N2O4/c1-12(2)4-5-14(9-18(21)22)20-13-6-7-15(16(8-13)23-3)17-10-19-11-24-17/h6-12,20H,4-5H2,1-3H3,(H,21,22)/b14-9-. The number of carbonyl (C=O) groups is 1. The van der Waals surface area contributed by atoms with Crippen molar-refractivity contribution in [3.63, 3.8) is 0 Å². The highest BCUT2D eigenvalue weighted by atomic mass is 16.5. The molecule has 0 saturated carbocycles. The van der Waals surface area contributed by atoms with Gasteiger partial charge in [0.25, 0.3) is 0 Å². The zero-order valence-corrected chi connectivity index (χ0v) is 14.1. The number of nitrogens with zero attached hydrogens (tertiary/aromatic N) is 1. The molecule has 128 valence electrons. The number of rotatable bonds is 8. The third-order valence-corrected chi connectivity index (χ3v) is 3.49. The topological polar surface area (TPSA) is 84.6 Å². The lowest BCUT2D eigenvalue weighted by Gasteiger charge is -2.14. The molecule has 0 amide bonds. The van der Waals surface area contributed by atoms with E-state index in [-0.39, 0.29) is 0 Å². The zero-order valence-electron chi connectivity index (χ0n) is 14.1. The Bertz CT molecular complexity index is 706. The average molecular weight is 330 g/mol. The van der Waals surface area contributed by atoms with Gasteiger partial charge < -0.3 is 19.6 Å². The van der Waals surface area contributed by atoms with Crippen LogP contribution in [0.25, 0.3) is 11.3 Å². The van der Waals surface area contributed by atoms with Gasteiger partial charge in [0, 0.05) is 23.5 Å². The number of aromatic nitrogens is 1. The maximum Gasteiger partial charge on any atom is 0.330 e. The Balaban J connectivity index is 2.22. The quantitative estimate of drug-likeness (QED) is 0.707. The Morgan fingerprint density at radius 1 is 1.46 bits per heavy atom. The number of carboxylic acids is 1. The molecule has 2 rings (SSSR count). The molecule has 0 atom stereocenters. The SMILES string of the molecule is COc1cc(N/C(=C\C(=O)O)CCC(C)C)ccc1-c1cnco1. The van der Waals surface area contributed by atoms with Gasteiger partial charge in [-0.15, -0.1) is 0 Å². The number of nitrogens with one attached hydrogen (secondary N) is 1. The fraction of sp³-hybridized carbons (Fsp3) is 0.333. The van der Waals surface area contributed by atoms with E-state index >= 15 is 0 Å². The zero-order chi connectivity index (χ0) is 17.5. The van der Waals surface area contributed by atoms with Gasteiger partial charge in [-0.2, -0.15) is 0 Å². The van der Waals surface area contributed by atoms with Crippen molar-refractivity contribution < 1.29 is 19.1 Å². The van der Waals surface area contributed by atoms with Crippen LogP contribution in [0, 0.1) is 5.92 Å². The second-order valence-electron chi connectivity index (χ2n) is 5.85. The van der Waals surface area contributed by atoms with E-state index in [9.17, 15) is 4.79 Å². The van der Waals surface area contributed by atoms with Crippen LogP contribution < -0.4 is 10.1 Å². The first kappa shape index (κ1) is 17.6. The summed E-state index contributed by atoms with van der Waals surface area (Å²) in [4.78, 5) is 14.9. The first-order valence-corrected chi connectivity index (χ1v) is 7.77. The van der Waals surface area contributed by atoms with Crippen molar-refractivity contribution in [2.45, 2.75) is 26.7 Å². The van der Waals surface area contributed by atoms with E-state index in [0.717, 1.165) is 17.7 Å². The number of benzene rings is 1. The fourth-order valence-electron chi connectivity index (χ4n) is 2.27. The molecule has 0 saturated heterocycles. The molecule has 0 radical (unpaired) electrons. The number of methoxy groups -OCH3 is 1. The first-order valence-electron chi connectivity index (χ1n) is 7.77. The van der Waals surface area contributed by atoms with E-state index in [2.05, 4.69) is 24.1 Å². The molecule has 0 unspecified atom stereocenters. The summed E-state index contributed by atoms with van der Waals surface area (Å²) in [6.07, 6.45) is 5.75. The summed E-state index contributed by atoms with van der Waals surface area (Å²) in [5.74, 6) is 0.758. The summed E-state index contributed by atoms with van der Waals surface area (Å²) < 4.78 is 10.7. The molecular formula is C18H22N2O4. The van der Waals surface area contributed by atoms with E-state index in [4.69, 9.17) is 14.3 Å². The van der Waals surface area contributed by atoms with Gasteiger partial charge in [0.1, 0.15) is 5.75 Å². The molecule has 0 spiro atoms. The summed E-state index contributed by atoms with van der Waals surface area (Å²) >= 11 is 0. The van der Waals surface area contributed by atoms with Crippen LogP contribution in [0.2, 0.25) is 0 Å². The smallest absolute Gasteiger partial charge is 0.330 e. The van der Waals surface area contributed by atoms with Gasteiger partial charge in [0.2, 0.25) is 0 Å². The molecule has 24 heavy (non-hydrogen) atoms. The van der Waals surface area contributed by atoms with Crippen LogP contribution in [0.15, 0.2) is 47.0 Å². The van der Waals surface area contributed by atoms with Crippen LogP contribution in [0.1, 0.15) is 26.7 Å². The molecule has 0 aliphatic heterocycles. The van der Waals surface area contributed by atoms with Crippen molar-refractivity contribution in [1.82, 2.24) is 4.98 Å². The lowest BCUT2D eigenvalue weighted by molar-refractivity contribution is -0.131. The van der Waals surface area contributed by atoms with E-state index in [1.165, 1.54) is 12.5 Å². The third-order valence-electron chi connectivity index (χ3n) is 3.49. The normalized spacial score (nSPS) is 11.6. The van der Waals surface area contributed by atoms with E-state index < -0.39 is 5.97 Å². The number of ether oxygens (including phenoxy) is 1. The molecule has 2 N–H and O–H groups in total. The Labute approximate surface area is 141 Å². The molecule has 2 aromatic rings. The predicted octanol–water partition coefficient (Wildman–Crippen LogP) is 4.17. The molecule has 1 aromatic heterocycles. The highest BCUT2D eigenvalue weighted by molar-refractivity contribution is 5.81. The van der Waals surface area contributed by atoms with Crippen LogP contribution in [-0.2, 0) is 4.79 Å². The fourth-order valence-corrected chi connectivity index (χ4v) is 2.27. The van der Waals surface area contributed by atoms with Crippen molar-refractivity contribution in [2.24, 2.45) is 5.92 Å². The Kier molecular flexibility index (Phi) is 6.01. The van der Waals surface area contributed by atoms with Crippen molar-refractivity contribution in [3.8, 4) is 17.1 Å². The number of anilines is 1. The summed E-state index contributed by atoms with van der Waals surface area (Å²) in [6.45, 7) is 4.21. The Morgan fingerprint density at radius 3 is 2.83 bits per heavy atom. The van der Waals surface area contributed by atoms with Gasteiger partial charge in [-0.05, 0) is 30.9 Å². The number of hydrogen-bond donors (Lipinski definition) is 2. The summed E-state index contributed by atoms with van der Waals surface area (Å²) in [6, 6.07) is 5.51. The maximum absolute atomic E-state index is 11.0. The van der Waals surface area contributed by atoms with Gasteiger partial charge >= 0.3 is 5.97 Å². The van der Waals surface area contributed by atoms with Crippen molar-refractivity contribution in [2.75, 3.05) is 12.4 Å².